The number of hydrogen-bond acceptors (Lipinski definition) is 4. The lowest BCUT2D eigenvalue weighted by Crippen LogP contribution is -2.46. The third-order valence-corrected chi connectivity index (χ3v) is 5.76. The van der Waals surface area contributed by atoms with Crippen LogP contribution in [0.1, 0.15) is 28.9 Å². The molecule has 5 nitrogen and oxygen atoms in total. The Kier molecular flexibility index (Phi) is 4.49. The van der Waals surface area contributed by atoms with Crippen molar-refractivity contribution in [2.45, 2.75) is 19.3 Å². The topological polar surface area (TPSA) is 49.9 Å². The van der Waals surface area contributed by atoms with E-state index in [9.17, 15) is 9.59 Å². The van der Waals surface area contributed by atoms with Crippen molar-refractivity contribution in [3.8, 4) is 0 Å². The van der Waals surface area contributed by atoms with Crippen molar-refractivity contribution < 1.29 is 14.3 Å². The molecule has 0 saturated carbocycles. The number of carbonyl (C=O) groups excluding carboxylic acids is 2. The van der Waals surface area contributed by atoms with E-state index in [1.54, 1.807) is 7.11 Å². The van der Waals surface area contributed by atoms with Crippen LogP contribution in [0.3, 0.4) is 0 Å². The molecule has 120 valence electrons. The van der Waals surface area contributed by atoms with Gasteiger partial charge in [-0.1, -0.05) is 6.07 Å². The predicted molar refractivity (Wildman–Crippen MR) is 85.0 cm³/mol. The molecule has 0 N–H and O–H groups in total. The van der Waals surface area contributed by atoms with Gasteiger partial charge < -0.3 is 14.5 Å². The number of piperidine rings is 1. The Balaban J connectivity index is 1.60. The molecule has 1 aromatic rings. The second kappa shape index (κ2) is 6.38. The molecule has 2 fully saturated rings. The minimum Gasteiger partial charge on any atom is -0.383 e. The summed E-state index contributed by atoms with van der Waals surface area (Å²) in [4.78, 5) is 29.6. The summed E-state index contributed by atoms with van der Waals surface area (Å²) in [7, 11) is 1.66. The quantitative estimate of drug-likeness (QED) is 0.850. The van der Waals surface area contributed by atoms with Crippen LogP contribution in [-0.4, -0.2) is 61.5 Å². The van der Waals surface area contributed by atoms with Crippen molar-refractivity contribution in [2.24, 2.45) is 5.41 Å². The Morgan fingerprint density at radius 1 is 1.32 bits per heavy atom. The van der Waals surface area contributed by atoms with Crippen molar-refractivity contribution in [1.29, 1.82) is 0 Å². The Morgan fingerprint density at radius 2 is 2.05 bits per heavy atom. The zero-order valence-corrected chi connectivity index (χ0v) is 13.7. The van der Waals surface area contributed by atoms with E-state index in [4.69, 9.17) is 4.74 Å². The summed E-state index contributed by atoms with van der Waals surface area (Å²) in [5.41, 5.74) is -0.236. The molecule has 0 unspecified atom stereocenters. The molecule has 3 rings (SSSR count). The zero-order chi connectivity index (χ0) is 15.6. The summed E-state index contributed by atoms with van der Waals surface area (Å²) < 4.78 is 5.07. The molecule has 3 heterocycles. The molecule has 0 atom stereocenters. The van der Waals surface area contributed by atoms with Gasteiger partial charge in [0.1, 0.15) is 0 Å². The normalized spacial score (nSPS) is 20.9. The number of rotatable bonds is 4. The molecule has 1 spiro atoms. The molecule has 0 aliphatic carbocycles. The summed E-state index contributed by atoms with van der Waals surface area (Å²) in [5, 5.41) is 1.92. The second-order valence-electron chi connectivity index (χ2n) is 6.08. The zero-order valence-electron chi connectivity index (χ0n) is 12.9. The van der Waals surface area contributed by atoms with E-state index >= 15 is 0 Å². The number of hydrogen-bond donors (Lipinski definition) is 0. The molecule has 22 heavy (non-hydrogen) atoms. The van der Waals surface area contributed by atoms with Crippen molar-refractivity contribution in [3.63, 3.8) is 0 Å². The van der Waals surface area contributed by atoms with Crippen LogP contribution in [-0.2, 0) is 9.53 Å². The summed E-state index contributed by atoms with van der Waals surface area (Å²) >= 11 is 1.48. The van der Waals surface area contributed by atoms with Crippen LogP contribution in [0.25, 0.3) is 0 Å². The summed E-state index contributed by atoms with van der Waals surface area (Å²) in [6.07, 6.45) is 2.48. The highest BCUT2D eigenvalue weighted by molar-refractivity contribution is 7.12. The van der Waals surface area contributed by atoms with Crippen molar-refractivity contribution in [1.82, 2.24) is 9.80 Å². The van der Waals surface area contributed by atoms with Gasteiger partial charge in [-0.25, -0.2) is 0 Å². The minimum absolute atomic E-state index is 0.103. The third-order valence-electron chi connectivity index (χ3n) is 4.91. The molecule has 2 aliphatic heterocycles. The van der Waals surface area contributed by atoms with Gasteiger partial charge in [0.2, 0.25) is 5.91 Å². The maximum absolute atomic E-state index is 12.7. The summed E-state index contributed by atoms with van der Waals surface area (Å²) in [5.74, 6) is 0.360. The molecule has 1 aromatic heterocycles. The fraction of sp³-hybridized carbons (Fsp3) is 0.625. The maximum Gasteiger partial charge on any atom is 0.263 e. The van der Waals surface area contributed by atoms with Gasteiger partial charge in [0, 0.05) is 33.3 Å². The SMILES string of the molecule is COCCN1CCC2(CCN(C(=O)c3cccs3)CC2)C1=O. The fourth-order valence-electron chi connectivity index (χ4n) is 3.47. The Hall–Kier alpha value is -1.40. The van der Waals surface area contributed by atoms with Crippen LogP contribution in [0.15, 0.2) is 17.5 Å². The lowest BCUT2D eigenvalue weighted by molar-refractivity contribution is -0.138. The van der Waals surface area contributed by atoms with Gasteiger partial charge in [-0.3, -0.25) is 9.59 Å². The van der Waals surface area contributed by atoms with E-state index in [0.717, 1.165) is 30.7 Å². The molecule has 2 aliphatic rings. The highest BCUT2D eigenvalue weighted by Crippen LogP contribution is 2.41. The van der Waals surface area contributed by atoms with E-state index in [1.807, 2.05) is 27.3 Å². The van der Waals surface area contributed by atoms with Crippen LogP contribution >= 0.6 is 11.3 Å². The summed E-state index contributed by atoms with van der Waals surface area (Å²) in [6.45, 7) is 3.45. The van der Waals surface area contributed by atoms with E-state index in [-0.39, 0.29) is 17.2 Å². The predicted octanol–water partition coefficient (Wildman–Crippen LogP) is 1.85. The minimum atomic E-state index is -0.236. The average Bonchev–Trinajstić information content (AvgIpc) is 3.17. The van der Waals surface area contributed by atoms with Gasteiger partial charge in [-0.15, -0.1) is 11.3 Å². The smallest absolute Gasteiger partial charge is 0.263 e. The number of carbonyl (C=O) groups is 2. The molecule has 2 amide bonds. The fourth-order valence-corrected chi connectivity index (χ4v) is 4.16. The van der Waals surface area contributed by atoms with Crippen molar-refractivity contribution in [2.75, 3.05) is 39.9 Å². The molecular formula is C16H22N2O3S. The number of amides is 2. The van der Waals surface area contributed by atoms with E-state index in [0.29, 0.717) is 26.2 Å². The second-order valence-corrected chi connectivity index (χ2v) is 7.03. The van der Waals surface area contributed by atoms with Crippen LogP contribution in [0, 0.1) is 5.41 Å². The number of ether oxygens (including phenoxy) is 1. The first-order chi connectivity index (χ1) is 10.7. The molecular weight excluding hydrogens is 300 g/mol. The largest absolute Gasteiger partial charge is 0.383 e. The summed E-state index contributed by atoms with van der Waals surface area (Å²) in [6, 6.07) is 3.77. The van der Waals surface area contributed by atoms with Crippen LogP contribution in [0.2, 0.25) is 0 Å². The monoisotopic (exact) mass is 322 g/mol. The molecule has 2 saturated heterocycles. The highest BCUT2D eigenvalue weighted by atomic mass is 32.1. The molecule has 0 aromatic carbocycles. The molecule has 6 heteroatoms. The van der Waals surface area contributed by atoms with Crippen LogP contribution in [0.4, 0.5) is 0 Å². The van der Waals surface area contributed by atoms with Crippen molar-refractivity contribution in [3.05, 3.63) is 22.4 Å². The van der Waals surface area contributed by atoms with Gasteiger partial charge >= 0.3 is 0 Å². The first kappa shape index (κ1) is 15.5. The van der Waals surface area contributed by atoms with Gasteiger partial charge in [-0.05, 0) is 30.7 Å². The third kappa shape index (κ3) is 2.77. The molecule has 0 radical (unpaired) electrons. The Labute approximate surface area is 134 Å². The van der Waals surface area contributed by atoms with Gasteiger partial charge in [-0.2, -0.15) is 0 Å². The van der Waals surface area contributed by atoms with E-state index < -0.39 is 0 Å². The maximum atomic E-state index is 12.7. The van der Waals surface area contributed by atoms with E-state index in [1.165, 1.54) is 11.3 Å². The van der Waals surface area contributed by atoms with E-state index in [2.05, 4.69) is 0 Å². The average molecular weight is 322 g/mol. The van der Waals surface area contributed by atoms with Crippen LogP contribution in [0.5, 0.6) is 0 Å². The number of thiophene rings is 1. The van der Waals surface area contributed by atoms with Crippen LogP contribution < -0.4 is 0 Å². The lowest BCUT2D eigenvalue weighted by atomic mass is 9.77. The van der Waals surface area contributed by atoms with Crippen molar-refractivity contribution >= 4 is 23.2 Å². The standard InChI is InChI=1S/C16H22N2O3S/c1-21-11-10-18-9-6-16(15(18)20)4-7-17(8-5-16)14(19)13-3-2-12-22-13/h2-3,12H,4-11H2,1H3. The Morgan fingerprint density at radius 3 is 2.68 bits per heavy atom. The number of nitrogens with zero attached hydrogens (tertiary/aromatic N) is 2. The van der Waals surface area contributed by atoms with Gasteiger partial charge in [0.15, 0.2) is 0 Å². The first-order valence-electron chi connectivity index (χ1n) is 7.77. The van der Waals surface area contributed by atoms with Gasteiger partial charge in [0.25, 0.3) is 5.91 Å². The first-order valence-corrected chi connectivity index (χ1v) is 8.65. The lowest BCUT2D eigenvalue weighted by Gasteiger charge is -2.37. The highest BCUT2D eigenvalue weighted by Gasteiger charge is 2.48. The molecule has 0 bridgehead atoms. The Bertz CT molecular complexity index is 536. The number of likely N-dealkylation sites (tertiary alicyclic amines) is 2. The number of methoxy groups -OCH3 is 1. The van der Waals surface area contributed by atoms with Gasteiger partial charge in [0.05, 0.1) is 16.9 Å².